The molecule has 4 rings (SSSR count). The van der Waals surface area contributed by atoms with E-state index in [2.05, 4.69) is 15.0 Å². The molecule has 4 aromatic rings. The highest BCUT2D eigenvalue weighted by Crippen LogP contribution is 2.44. The number of nitrogen functional groups attached to an aromatic ring is 1. The standard InChI is InChI=1S/C23H20Cl2FN5O3/c1-10(2)34-19-13(11(3)22-30-20(25)18-21(27)28-6-7-31(18)22)8-14(24)17(26)16(19)12-4-5-15(23(32)33)29-9-12/h4-11H,1-3H3,(H2,27,28)(H,32,33)/t11-/m0/s1. The van der Waals surface area contributed by atoms with E-state index in [1.807, 2.05) is 20.8 Å². The summed E-state index contributed by atoms with van der Waals surface area (Å²) in [5, 5.41) is 9.20. The van der Waals surface area contributed by atoms with Crippen LogP contribution in [0.15, 0.2) is 36.8 Å². The Morgan fingerprint density at radius 1 is 1.24 bits per heavy atom. The van der Waals surface area contributed by atoms with Gasteiger partial charge in [0, 0.05) is 35.6 Å². The maximum Gasteiger partial charge on any atom is 0.354 e. The molecule has 0 spiro atoms. The molecule has 34 heavy (non-hydrogen) atoms. The van der Waals surface area contributed by atoms with Gasteiger partial charge >= 0.3 is 5.97 Å². The fourth-order valence-electron chi connectivity index (χ4n) is 3.73. The van der Waals surface area contributed by atoms with Gasteiger partial charge in [0.15, 0.2) is 16.8 Å². The molecule has 176 valence electrons. The average Bonchev–Trinajstić information content (AvgIpc) is 3.13. The van der Waals surface area contributed by atoms with Gasteiger partial charge in [-0.05, 0) is 26.0 Å². The van der Waals surface area contributed by atoms with Crippen molar-refractivity contribution in [3.8, 4) is 16.9 Å². The van der Waals surface area contributed by atoms with Crippen LogP contribution in [0.1, 0.15) is 48.6 Å². The minimum atomic E-state index is -1.19. The number of halogens is 3. The van der Waals surface area contributed by atoms with E-state index in [-0.39, 0.29) is 39.1 Å². The lowest BCUT2D eigenvalue weighted by Gasteiger charge is -2.23. The third-order valence-corrected chi connectivity index (χ3v) is 5.79. The summed E-state index contributed by atoms with van der Waals surface area (Å²) in [5.41, 5.74) is 7.20. The van der Waals surface area contributed by atoms with Crippen LogP contribution < -0.4 is 10.5 Å². The lowest BCUT2D eigenvalue weighted by Crippen LogP contribution is -2.13. The van der Waals surface area contributed by atoms with E-state index in [4.69, 9.17) is 38.8 Å². The molecule has 0 unspecified atom stereocenters. The third-order valence-electron chi connectivity index (χ3n) is 5.25. The zero-order valence-corrected chi connectivity index (χ0v) is 19.9. The Morgan fingerprint density at radius 2 is 1.97 bits per heavy atom. The van der Waals surface area contributed by atoms with Crippen LogP contribution in [0.5, 0.6) is 5.75 Å². The van der Waals surface area contributed by atoms with E-state index in [0.29, 0.717) is 22.5 Å². The molecule has 3 heterocycles. The van der Waals surface area contributed by atoms with Crippen molar-refractivity contribution < 1.29 is 19.0 Å². The Balaban J connectivity index is 1.96. The van der Waals surface area contributed by atoms with Crippen molar-refractivity contribution in [1.82, 2.24) is 19.4 Å². The van der Waals surface area contributed by atoms with E-state index in [9.17, 15) is 4.79 Å². The highest BCUT2D eigenvalue weighted by molar-refractivity contribution is 6.33. The van der Waals surface area contributed by atoms with Crippen LogP contribution in [0, 0.1) is 5.82 Å². The van der Waals surface area contributed by atoms with Crippen LogP contribution in [0.3, 0.4) is 0 Å². The molecule has 0 saturated carbocycles. The topological polar surface area (TPSA) is 116 Å². The van der Waals surface area contributed by atoms with Crippen molar-refractivity contribution in [3.05, 3.63) is 69.9 Å². The predicted octanol–water partition coefficient (Wildman–Crippen LogP) is 5.46. The molecule has 0 saturated heterocycles. The molecule has 0 bridgehead atoms. The van der Waals surface area contributed by atoms with Crippen molar-refractivity contribution in [2.24, 2.45) is 0 Å². The van der Waals surface area contributed by atoms with Gasteiger partial charge in [-0.2, -0.15) is 0 Å². The third kappa shape index (κ3) is 4.12. The predicted molar refractivity (Wildman–Crippen MR) is 127 cm³/mol. The Bertz CT molecular complexity index is 1410. The summed E-state index contributed by atoms with van der Waals surface area (Å²) >= 11 is 12.6. The van der Waals surface area contributed by atoms with Crippen molar-refractivity contribution in [2.75, 3.05) is 5.73 Å². The molecular formula is C23H20Cl2FN5O3. The molecule has 0 fully saturated rings. The molecule has 11 heteroatoms. The number of benzene rings is 1. The molecule has 0 aliphatic heterocycles. The number of carbonyl (C=O) groups is 1. The van der Waals surface area contributed by atoms with Gasteiger partial charge in [0.1, 0.15) is 22.8 Å². The van der Waals surface area contributed by atoms with Crippen LogP contribution >= 0.6 is 23.2 Å². The number of ether oxygens (including phenoxy) is 1. The first-order valence-electron chi connectivity index (χ1n) is 10.3. The number of rotatable bonds is 6. The number of fused-ring (bicyclic) bond motifs is 1. The Hall–Kier alpha value is -3.43. The summed E-state index contributed by atoms with van der Waals surface area (Å²) in [7, 11) is 0. The molecule has 8 nitrogen and oxygen atoms in total. The number of pyridine rings is 1. The number of hydrogen-bond acceptors (Lipinski definition) is 6. The van der Waals surface area contributed by atoms with Gasteiger partial charge in [-0.3, -0.25) is 4.40 Å². The van der Waals surface area contributed by atoms with Gasteiger partial charge < -0.3 is 15.6 Å². The molecule has 1 aromatic carbocycles. The second-order valence-corrected chi connectivity index (χ2v) is 8.65. The molecule has 0 amide bonds. The fraction of sp³-hybridized carbons (Fsp3) is 0.217. The van der Waals surface area contributed by atoms with Gasteiger partial charge in [0.2, 0.25) is 0 Å². The Kier molecular flexibility index (Phi) is 6.33. The largest absolute Gasteiger partial charge is 0.490 e. The highest BCUT2D eigenvalue weighted by atomic mass is 35.5. The summed E-state index contributed by atoms with van der Waals surface area (Å²) in [4.78, 5) is 23.6. The van der Waals surface area contributed by atoms with Gasteiger partial charge in [-0.25, -0.2) is 24.1 Å². The maximum absolute atomic E-state index is 15.4. The van der Waals surface area contributed by atoms with Crippen molar-refractivity contribution in [3.63, 3.8) is 0 Å². The molecule has 3 N–H and O–H groups in total. The molecule has 0 aliphatic rings. The lowest BCUT2D eigenvalue weighted by atomic mass is 9.93. The monoisotopic (exact) mass is 503 g/mol. The number of carboxylic acids is 1. The number of nitrogens with two attached hydrogens (primary N) is 1. The molecule has 1 atom stereocenters. The summed E-state index contributed by atoms with van der Waals surface area (Å²) in [5.74, 6) is -1.38. The van der Waals surface area contributed by atoms with Crippen molar-refractivity contribution >= 4 is 40.5 Å². The number of nitrogens with zero attached hydrogens (tertiary/aromatic N) is 4. The number of imidazole rings is 1. The Labute approximate surface area is 204 Å². The second-order valence-electron chi connectivity index (χ2n) is 7.88. The van der Waals surface area contributed by atoms with Crippen molar-refractivity contribution in [1.29, 1.82) is 0 Å². The first-order valence-corrected chi connectivity index (χ1v) is 11.0. The van der Waals surface area contributed by atoms with Gasteiger partial charge in [0.05, 0.1) is 16.7 Å². The van der Waals surface area contributed by atoms with Gasteiger partial charge in [-0.15, -0.1) is 0 Å². The highest BCUT2D eigenvalue weighted by Gasteiger charge is 2.28. The Morgan fingerprint density at radius 3 is 2.59 bits per heavy atom. The number of aromatic nitrogens is 4. The quantitative estimate of drug-likeness (QED) is 0.358. The summed E-state index contributed by atoms with van der Waals surface area (Å²) in [6, 6.07) is 4.24. The lowest BCUT2D eigenvalue weighted by molar-refractivity contribution is 0.0690. The summed E-state index contributed by atoms with van der Waals surface area (Å²) in [6.07, 6.45) is 4.17. The molecule has 3 aromatic heterocycles. The van der Waals surface area contributed by atoms with Crippen LogP contribution in [0.4, 0.5) is 10.2 Å². The SMILES string of the molecule is CC(C)Oc1c([C@H](C)c2nc(Cl)c3c(N)nccn23)cc(Cl)c(F)c1-c1ccc(C(=O)O)nc1. The number of anilines is 1. The van der Waals surface area contributed by atoms with Crippen LogP contribution in [0.2, 0.25) is 10.2 Å². The van der Waals surface area contributed by atoms with E-state index in [1.54, 1.807) is 10.6 Å². The second kappa shape index (κ2) is 9.08. The van der Waals surface area contributed by atoms with Gasteiger partial charge in [0.25, 0.3) is 0 Å². The average molecular weight is 504 g/mol. The van der Waals surface area contributed by atoms with E-state index >= 15 is 4.39 Å². The van der Waals surface area contributed by atoms with Crippen LogP contribution in [-0.4, -0.2) is 36.5 Å². The van der Waals surface area contributed by atoms with E-state index < -0.39 is 17.7 Å². The van der Waals surface area contributed by atoms with E-state index in [1.165, 1.54) is 30.6 Å². The normalized spacial score (nSPS) is 12.3. The zero-order chi connectivity index (χ0) is 24.7. The fourth-order valence-corrected chi connectivity index (χ4v) is 4.21. The van der Waals surface area contributed by atoms with Gasteiger partial charge in [-0.1, -0.05) is 36.2 Å². The zero-order valence-electron chi connectivity index (χ0n) is 18.4. The smallest absolute Gasteiger partial charge is 0.354 e. The summed E-state index contributed by atoms with van der Waals surface area (Å²) in [6.45, 7) is 5.48. The van der Waals surface area contributed by atoms with E-state index in [0.717, 1.165) is 0 Å². The molecular weight excluding hydrogens is 484 g/mol. The molecule has 0 radical (unpaired) electrons. The first-order chi connectivity index (χ1) is 16.1. The number of carboxylic acid groups (broad SMARTS) is 1. The first kappa shape index (κ1) is 23.7. The minimum Gasteiger partial charge on any atom is -0.490 e. The summed E-state index contributed by atoms with van der Waals surface area (Å²) < 4.78 is 23.2. The minimum absolute atomic E-state index is 0.0700. The van der Waals surface area contributed by atoms with Crippen molar-refractivity contribution in [2.45, 2.75) is 32.8 Å². The van der Waals surface area contributed by atoms with Crippen LogP contribution in [0.25, 0.3) is 16.6 Å². The molecule has 0 aliphatic carbocycles. The maximum atomic E-state index is 15.4. The van der Waals surface area contributed by atoms with Crippen LogP contribution in [-0.2, 0) is 0 Å². The number of hydrogen-bond donors (Lipinski definition) is 2. The number of aromatic carboxylic acids is 1.